The van der Waals surface area contributed by atoms with Crippen molar-refractivity contribution in [3.63, 3.8) is 0 Å². The number of hydrogen-bond acceptors (Lipinski definition) is 3. The predicted molar refractivity (Wildman–Crippen MR) is 115 cm³/mol. The Bertz CT molecular complexity index is 644. The van der Waals surface area contributed by atoms with Crippen LogP contribution in [0.25, 0.3) is 0 Å². The van der Waals surface area contributed by atoms with Crippen molar-refractivity contribution in [3.05, 3.63) is 97.7 Å². The first kappa shape index (κ1) is 25.9. The summed E-state index contributed by atoms with van der Waals surface area (Å²) >= 11 is 0.0917. The summed E-state index contributed by atoms with van der Waals surface area (Å²) in [4.78, 5) is 5.87. The largest absolute Gasteiger partial charge is 2.00 e. The van der Waals surface area contributed by atoms with E-state index in [1.165, 1.54) is 16.9 Å². The number of ether oxygens (including phenoxy) is 1. The maximum Gasteiger partial charge on any atom is 2.00 e. The van der Waals surface area contributed by atoms with Gasteiger partial charge in [-0.1, -0.05) is 0 Å². The van der Waals surface area contributed by atoms with Crippen molar-refractivity contribution in [1.29, 1.82) is 0 Å². The molecule has 3 aliphatic rings. The number of benzene rings is 1. The third-order valence-electron chi connectivity index (χ3n) is 4.66. The van der Waals surface area contributed by atoms with E-state index in [4.69, 9.17) is 4.74 Å². The minimum absolute atomic E-state index is 0. The van der Waals surface area contributed by atoms with Crippen molar-refractivity contribution < 1.29 is 31.3 Å². The Labute approximate surface area is 198 Å². The molecule has 1 aromatic carbocycles. The molecular weight excluding hydrogens is 488 g/mol. The van der Waals surface area contributed by atoms with Crippen LogP contribution >= 0.6 is 0 Å². The van der Waals surface area contributed by atoms with Crippen molar-refractivity contribution in [1.82, 2.24) is 0 Å². The van der Waals surface area contributed by atoms with Crippen LogP contribution in [0, 0.1) is 73.8 Å². The molecule has 0 aromatic heterocycles. The molecule has 0 amide bonds. The third-order valence-corrected chi connectivity index (χ3v) is 7.07. The minimum atomic E-state index is -0.580. The van der Waals surface area contributed by atoms with Crippen LogP contribution in [0.5, 0.6) is 0 Å². The topological polar surface area (TPSA) is 41.8 Å². The SMILES string of the molecule is CC(C)[C@H]1COC([C]2[CH][CH][CH][C]2[Se]CC(O)c2ccc(F)cc2)=N1.[CH]1[CH][CH][CH][CH]1.[Fe+2]. The van der Waals surface area contributed by atoms with Gasteiger partial charge in [-0.05, 0) is 32.1 Å². The van der Waals surface area contributed by atoms with Crippen molar-refractivity contribution in [2.45, 2.75) is 31.3 Å². The van der Waals surface area contributed by atoms with Gasteiger partial charge in [-0.2, -0.15) is 0 Å². The van der Waals surface area contributed by atoms with Gasteiger partial charge in [0.15, 0.2) is 0 Å². The van der Waals surface area contributed by atoms with Gasteiger partial charge >= 0.3 is 167 Å². The second-order valence-corrected chi connectivity index (χ2v) is 9.43. The van der Waals surface area contributed by atoms with E-state index in [9.17, 15) is 9.50 Å². The number of hydrogen-bond donors (Lipinski definition) is 1. The first-order valence-electron chi connectivity index (χ1n) is 9.74. The Kier molecular flexibility index (Phi) is 11.4. The Morgan fingerprint density at radius 3 is 2.27 bits per heavy atom. The molecule has 2 fully saturated rings. The average Bonchev–Trinajstić information content (AvgIpc) is 3.49. The van der Waals surface area contributed by atoms with Crippen molar-refractivity contribution >= 4 is 20.9 Å². The summed E-state index contributed by atoms with van der Waals surface area (Å²) in [5.74, 6) is 1.95. The molecule has 2 aliphatic carbocycles. The number of aliphatic hydroxyl groups excluding tert-OH is 1. The molecule has 0 saturated heterocycles. The summed E-state index contributed by atoms with van der Waals surface area (Å²) in [5, 5.41) is 10.9. The summed E-state index contributed by atoms with van der Waals surface area (Å²) in [6.07, 6.45) is 15.5. The van der Waals surface area contributed by atoms with E-state index in [1.54, 1.807) is 12.1 Å². The number of aliphatic imine (C=N–C) groups is 1. The van der Waals surface area contributed by atoms with Crippen LogP contribution in [0.1, 0.15) is 25.5 Å². The zero-order valence-corrected chi connectivity index (χ0v) is 19.8. The quantitative estimate of drug-likeness (QED) is 0.579. The van der Waals surface area contributed by atoms with E-state index in [2.05, 4.69) is 25.3 Å². The molecule has 4 rings (SSSR count). The second kappa shape index (κ2) is 13.2. The maximum atomic E-state index is 13.0. The average molecular weight is 514 g/mol. The maximum absolute atomic E-state index is 13.0. The molecule has 0 spiro atoms. The fourth-order valence-electron chi connectivity index (χ4n) is 2.86. The Morgan fingerprint density at radius 1 is 1.07 bits per heavy atom. The van der Waals surface area contributed by atoms with Crippen LogP contribution in [-0.4, -0.2) is 38.6 Å². The van der Waals surface area contributed by atoms with Gasteiger partial charge in [-0.15, -0.1) is 0 Å². The number of halogens is 1. The summed E-state index contributed by atoms with van der Waals surface area (Å²) in [7, 11) is 0. The molecule has 1 unspecified atom stereocenters. The monoisotopic (exact) mass is 515 g/mol. The Hall–Kier alpha value is -0.381. The summed E-state index contributed by atoms with van der Waals surface area (Å²) in [5.41, 5.74) is 0.751. The van der Waals surface area contributed by atoms with Crippen LogP contribution in [0.3, 0.4) is 0 Å². The molecule has 1 aromatic rings. The van der Waals surface area contributed by atoms with E-state index >= 15 is 0 Å². The standard InChI is InChI=1S/C19H21FNO2Se.C5H5.Fe/c1-12(2)16-10-23-19(21-16)15-4-3-5-18(15)24-11-17(22)13-6-8-14(20)9-7-13;1-2-4-5-3-1;/h3-9,12,16-17,22H,10-11H2,1-2H3;1-5H;/q;;+2/t16-,17?;;/m1../s1. The molecule has 30 heavy (non-hydrogen) atoms. The van der Waals surface area contributed by atoms with Gasteiger partial charge in [0, 0.05) is 0 Å². The van der Waals surface area contributed by atoms with E-state index in [0.29, 0.717) is 17.8 Å². The molecular formula is C24H26FFeNO2Se+2. The van der Waals surface area contributed by atoms with Gasteiger partial charge in [0.25, 0.3) is 0 Å². The van der Waals surface area contributed by atoms with Crippen molar-refractivity contribution in [2.24, 2.45) is 10.9 Å². The molecule has 1 aliphatic heterocycles. The Balaban J connectivity index is 0.000000468. The van der Waals surface area contributed by atoms with Crippen LogP contribution in [0.15, 0.2) is 29.3 Å². The molecule has 1 heterocycles. The second-order valence-electron chi connectivity index (χ2n) is 7.20. The van der Waals surface area contributed by atoms with Crippen molar-refractivity contribution in [2.75, 3.05) is 6.61 Å². The smallest absolute Gasteiger partial charge is 0.0312 e. The number of rotatable bonds is 6. The van der Waals surface area contributed by atoms with Crippen LogP contribution in [0.4, 0.5) is 4.39 Å². The molecule has 158 valence electrons. The Morgan fingerprint density at radius 2 is 1.70 bits per heavy atom. The van der Waals surface area contributed by atoms with Crippen LogP contribution in [-0.2, 0) is 21.8 Å². The molecule has 2 atom stereocenters. The number of nitrogens with zero attached hydrogens (tertiary/aromatic N) is 1. The van der Waals surface area contributed by atoms with E-state index in [1.807, 2.05) is 44.9 Å². The van der Waals surface area contributed by atoms with Gasteiger partial charge in [-0.3, -0.25) is 0 Å². The van der Waals surface area contributed by atoms with E-state index in [0.717, 1.165) is 17.4 Å². The fourth-order valence-corrected chi connectivity index (χ4v) is 4.99. The summed E-state index contributed by atoms with van der Waals surface area (Å²) in [6.45, 7) is 4.94. The van der Waals surface area contributed by atoms with E-state index in [-0.39, 0.29) is 43.9 Å². The van der Waals surface area contributed by atoms with Gasteiger partial charge in [0.2, 0.25) is 0 Å². The van der Waals surface area contributed by atoms with E-state index < -0.39 is 6.10 Å². The summed E-state index contributed by atoms with van der Waals surface area (Å²) < 4.78 is 18.7. The molecule has 3 nitrogen and oxygen atoms in total. The van der Waals surface area contributed by atoms with Gasteiger partial charge in [-0.25, -0.2) is 0 Å². The van der Waals surface area contributed by atoms with Gasteiger partial charge in [0.1, 0.15) is 0 Å². The van der Waals surface area contributed by atoms with Gasteiger partial charge in [0.05, 0.1) is 0 Å². The number of aliphatic hydroxyl groups is 1. The molecule has 10 radical (unpaired) electrons. The first-order valence-corrected chi connectivity index (χ1v) is 11.8. The summed E-state index contributed by atoms with van der Waals surface area (Å²) in [6, 6.07) is 6.26. The molecule has 0 bridgehead atoms. The van der Waals surface area contributed by atoms with Crippen LogP contribution in [0.2, 0.25) is 5.32 Å². The predicted octanol–water partition coefficient (Wildman–Crippen LogP) is 4.19. The van der Waals surface area contributed by atoms with Gasteiger partial charge < -0.3 is 0 Å². The molecule has 2 saturated carbocycles. The molecule has 6 heteroatoms. The zero-order valence-electron chi connectivity index (χ0n) is 17.0. The zero-order chi connectivity index (χ0) is 20.6. The fraction of sp³-hybridized carbons (Fsp3) is 0.292. The third kappa shape index (κ3) is 7.64. The normalized spacial score (nSPS) is 22.8. The first-order chi connectivity index (χ1) is 14.0. The van der Waals surface area contributed by atoms with Crippen molar-refractivity contribution in [3.8, 4) is 0 Å². The minimum Gasteiger partial charge on any atom is -0.0312 e. The van der Waals surface area contributed by atoms with Crippen LogP contribution < -0.4 is 0 Å². The molecule has 1 N–H and O–H groups in total.